The van der Waals surface area contributed by atoms with Crippen molar-refractivity contribution >= 4 is 48.0 Å². The van der Waals surface area contributed by atoms with Gasteiger partial charge in [0.15, 0.2) is 11.5 Å². The van der Waals surface area contributed by atoms with Gasteiger partial charge in [0.2, 0.25) is 0 Å². The van der Waals surface area contributed by atoms with E-state index in [4.69, 9.17) is 9.47 Å². The molecule has 110 valence electrons. The molecule has 0 aliphatic rings. The van der Waals surface area contributed by atoms with E-state index in [0.29, 0.717) is 0 Å². The summed E-state index contributed by atoms with van der Waals surface area (Å²) in [6.45, 7) is 2.10. The van der Waals surface area contributed by atoms with Crippen LogP contribution in [-0.4, -0.2) is 14.2 Å². The van der Waals surface area contributed by atoms with Gasteiger partial charge in [0.25, 0.3) is 0 Å². The van der Waals surface area contributed by atoms with Gasteiger partial charge in [0.05, 0.1) is 19.0 Å². The van der Waals surface area contributed by atoms with Crippen LogP contribution in [0.3, 0.4) is 0 Å². The van der Waals surface area contributed by atoms with Gasteiger partial charge in [-0.1, -0.05) is 15.9 Å². The Labute approximate surface area is 140 Å². The minimum absolute atomic E-state index is 0.168. The highest BCUT2D eigenvalue weighted by Crippen LogP contribution is 2.43. The average molecular weight is 383 g/mol. The van der Waals surface area contributed by atoms with E-state index >= 15 is 0 Å². The number of methoxy groups -OCH3 is 2. The summed E-state index contributed by atoms with van der Waals surface area (Å²) in [4.78, 5) is 1.48. The van der Waals surface area contributed by atoms with Gasteiger partial charge >= 0.3 is 0 Å². The Morgan fingerprint density at radius 3 is 2.43 bits per heavy atom. The summed E-state index contributed by atoms with van der Waals surface area (Å²) in [5, 5.41) is 2.13. The second-order valence-corrected chi connectivity index (χ2v) is 7.70. The summed E-state index contributed by atoms with van der Waals surface area (Å²) in [6, 6.07) is 8.52. The van der Waals surface area contributed by atoms with Crippen LogP contribution in [0, 0.1) is 6.92 Å². The molecule has 3 aromatic rings. The van der Waals surface area contributed by atoms with Crippen LogP contribution in [0.5, 0.6) is 11.5 Å². The highest BCUT2D eigenvalue weighted by atomic mass is 79.9. The zero-order valence-electron chi connectivity index (χ0n) is 12.0. The van der Waals surface area contributed by atoms with E-state index in [1.165, 1.54) is 25.4 Å². The smallest absolute Gasteiger partial charge is 0.161 e. The molecular formula is C16H15BrO2S2. The lowest BCUT2D eigenvalue weighted by molar-refractivity contribution is 0.354. The number of benzene rings is 1. The summed E-state index contributed by atoms with van der Waals surface area (Å²) in [5.74, 6) is 1.53. The number of ether oxygens (including phenoxy) is 2. The Morgan fingerprint density at radius 1 is 1.05 bits per heavy atom. The number of rotatable bonds is 4. The predicted octanol–water partition coefficient (Wildman–Crippen LogP) is 5.77. The standard InChI is InChI=1S/C16H15BrO2S2/c1-9-6-11(18-2)12(19-3)7-10(9)16(17)15-8-14-13(21-15)4-5-20-14/h4-8,16H,1-3H3. The van der Waals surface area contributed by atoms with Gasteiger partial charge < -0.3 is 9.47 Å². The maximum absolute atomic E-state index is 5.42. The fourth-order valence-electron chi connectivity index (χ4n) is 2.33. The van der Waals surface area contributed by atoms with Crippen LogP contribution < -0.4 is 9.47 Å². The van der Waals surface area contributed by atoms with Crippen molar-refractivity contribution in [2.45, 2.75) is 11.8 Å². The first kappa shape index (κ1) is 14.9. The predicted molar refractivity (Wildman–Crippen MR) is 94.8 cm³/mol. The van der Waals surface area contributed by atoms with E-state index < -0.39 is 0 Å². The Kier molecular flexibility index (Phi) is 4.24. The molecule has 0 aliphatic carbocycles. The van der Waals surface area contributed by atoms with Crippen molar-refractivity contribution in [1.82, 2.24) is 0 Å². The van der Waals surface area contributed by atoms with E-state index in [-0.39, 0.29) is 4.83 Å². The molecule has 0 amide bonds. The Hall–Kier alpha value is -1.04. The van der Waals surface area contributed by atoms with E-state index in [2.05, 4.69) is 46.4 Å². The molecule has 3 rings (SSSR count). The molecule has 2 heterocycles. The molecular weight excluding hydrogens is 368 g/mol. The maximum atomic E-state index is 5.42. The molecule has 1 aromatic carbocycles. The Bertz CT molecular complexity index is 747. The van der Waals surface area contributed by atoms with Crippen molar-refractivity contribution in [1.29, 1.82) is 0 Å². The third kappa shape index (κ3) is 2.70. The van der Waals surface area contributed by atoms with Crippen molar-refractivity contribution in [3.63, 3.8) is 0 Å². The summed E-state index contributed by atoms with van der Waals surface area (Å²) in [6.07, 6.45) is 0. The molecule has 0 bridgehead atoms. The van der Waals surface area contributed by atoms with Crippen LogP contribution in [0.4, 0.5) is 0 Å². The molecule has 5 heteroatoms. The second kappa shape index (κ2) is 5.99. The van der Waals surface area contributed by atoms with Crippen LogP contribution in [0.15, 0.2) is 29.6 Å². The normalized spacial score (nSPS) is 12.6. The van der Waals surface area contributed by atoms with Gasteiger partial charge in [-0.05, 0) is 47.7 Å². The molecule has 2 aromatic heterocycles. The highest BCUT2D eigenvalue weighted by Gasteiger charge is 2.19. The SMILES string of the molecule is COc1cc(C)c(C(Br)c2cc3sccc3s2)cc1OC. The van der Waals surface area contributed by atoms with Gasteiger partial charge in [0, 0.05) is 14.3 Å². The van der Waals surface area contributed by atoms with Gasteiger partial charge in [-0.3, -0.25) is 0 Å². The summed E-state index contributed by atoms with van der Waals surface area (Å²) in [7, 11) is 3.33. The number of alkyl halides is 1. The van der Waals surface area contributed by atoms with Crippen LogP contribution in [0.2, 0.25) is 0 Å². The average Bonchev–Trinajstić information content (AvgIpc) is 3.07. The first-order valence-electron chi connectivity index (χ1n) is 6.47. The molecule has 0 radical (unpaired) electrons. The quantitative estimate of drug-likeness (QED) is 0.533. The van der Waals surface area contributed by atoms with Crippen LogP contribution in [0.25, 0.3) is 9.40 Å². The lowest BCUT2D eigenvalue weighted by Gasteiger charge is -2.16. The van der Waals surface area contributed by atoms with E-state index in [1.54, 1.807) is 25.6 Å². The molecule has 0 spiro atoms. The summed E-state index contributed by atoms with van der Waals surface area (Å²) in [5.41, 5.74) is 2.40. The molecule has 21 heavy (non-hydrogen) atoms. The number of fused-ring (bicyclic) bond motifs is 1. The van der Waals surface area contributed by atoms with Crippen molar-refractivity contribution in [2.75, 3.05) is 14.2 Å². The van der Waals surface area contributed by atoms with Crippen LogP contribution in [0.1, 0.15) is 20.8 Å². The Morgan fingerprint density at radius 2 is 1.76 bits per heavy atom. The minimum Gasteiger partial charge on any atom is -0.493 e. The molecule has 0 aliphatic heterocycles. The van der Waals surface area contributed by atoms with Gasteiger partial charge in [-0.15, -0.1) is 22.7 Å². The molecule has 0 saturated heterocycles. The monoisotopic (exact) mass is 382 g/mol. The number of hydrogen-bond donors (Lipinski definition) is 0. The van der Waals surface area contributed by atoms with E-state index in [0.717, 1.165) is 11.5 Å². The maximum Gasteiger partial charge on any atom is 0.161 e. The van der Waals surface area contributed by atoms with Gasteiger partial charge in [-0.25, -0.2) is 0 Å². The zero-order valence-corrected chi connectivity index (χ0v) is 15.2. The minimum atomic E-state index is 0.168. The van der Waals surface area contributed by atoms with Gasteiger partial charge in [-0.2, -0.15) is 0 Å². The van der Waals surface area contributed by atoms with E-state index in [1.807, 2.05) is 17.4 Å². The third-order valence-electron chi connectivity index (χ3n) is 3.45. The molecule has 1 unspecified atom stereocenters. The Balaban J connectivity index is 2.04. The van der Waals surface area contributed by atoms with Crippen LogP contribution in [-0.2, 0) is 0 Å². The molecule has 2 nitrogen and oxygen atoms in total. The lowest BCUT2D eigenvalue weighted by atomic mass is 10.0. The number of aryl methyl sites for hydroxylation is 1. The molecule has 0 N–H and O–H groups in total. The van der Waals surface area contributed by atoms with Crippen LogP contribution >= 0.6 is 38.6 Å². The van der Waals surface area contributed by atoms with Gasteiger partial charge in [0.1, 0.15) is 0 Å². The fourth-order valence-corrected chi connectivity index (χ4v) is 5.35. The number of halogens is 1. The van der Waals surface area contributed by atoms with Crippen molar-refractivity contribution < 1.29 is 9.47 Å². The number of hydrogen-bond acceptors (Lipinski definition) is 4. The third-order valence-corrected chi connectivity index (χ3v) is 6.90. The van der Waals surface area contributed by atoms with E-state index in [9.17, 15) is 0 Å². The van der Waals surface area contributed by atoms with Crippen molar-refractivity contribution in [3.05, 3.63) is 45.6 Å². The largest absolute Gasteiger partial charge is 0.493 e. The second-order valence-electron chi connectivity index (χ2n) is 4.72. The molecule has 0 fully saturated rings. The zero-order chi connectivity index (χ0) is 15.0. The first-order valence-corrected chi connectivity index (χ1v) is 9.08. The highest BCUT2D eigenvalue weighted by molar-refractivity contribution is 9.09. The van der Waals surface area contributed by atoms with Crippen molar-refractivity contribution in [2.24, 2.45) is 0 Å². The number of thiophene rings is 2. The summed E-state index contributed by atoms with van der Waals surface area (Å²) < 4.78 is 13.5. The summed E-state index contributed by atoms with van der Waals surface area (Å²) >= 11 is 7.45. The molecule has 1 atom stereocenters. The topological polar surface area (TPSA) is 18.5 Å². The van der Waals surface area contributed by atoms with Crippen molar-refractivity contribution in [3.8, 4) is 11.5 Å². The first-order chi connectivity index (χ1) is 10.1. The fraction of sp³-hybridized carbons (Fsp3) is 0.250. The molecule has 0 saturated carbocycles. The lowest BCUT2D eigenvalue weighted by Crippen LogP contribution is -1.98.